The van der Waals surface area contributed by atoms with Gasteiger partial charge in [0.05, 0.1) is 4.90 Å². The maximum atomic E-state index is 12.0. The Balaban J connectivity index is 1.86. The van der Waals surface area contributed by atoms with Crippen molar-refractivity contribution in [3.8, 4) is 0 Å². The van der Waals surface area contributed by atoms with E-state index in [9.17, 15) is 18.0 Å². The van der Waals surface area contributed by atoms with E-state index >= 15 is 0 Å². The summed E-state index contributed by atoms with van der Waals surface area (Å²) in [5, 5.41) is 5.05. The summed E-state index contributed by atoms with van der Waals surface area (Å²) in [5.41, 5.74) is 1.58. The molecular weight excluding hydrogens is 354 g/mol. The van der Waals surface area contributed by atoms with Crippen molar-refractivity contribution in [2.24, 2.45) is 0 Å². The van der Waals surface area contributed by atoms with E-state index in [1.165, 1.54) is 26.2 Å². The molecule has 2 amide bonds. The third-order valence-electron chi connectivity index (χ3n) is 3.66. The number of carbonyl (C=O) groups excluding carboxylic acids is 2. The minimum absolute atomic E-state index is 0.125. The predicted molar refractivity (Wildman–Crippen MR) is 97.5 cm³/mol. The van der Waals surface area contributed by atoms with Crippen LogP contribution in [0, 0.1) is 0 Å². The number of amides is 2. The van der Waals surface area contributed by atoms with Gasteiger partial charge in [-0.15, -0.1) is 0 Å². The molecule has 0 radical (unpaired) electrons. The normalized spacial score (nSPS) is 11.2. The van der Waals surface area contributed by atoms with Crippen molar-refractivity contribution in [3.63, 3.8) is 0 Å². The Bertz CT molecular complexity index is 863. The molecule has 0 unspecified atom stereocenters. The van der Waals surface area contributed by atoms with Crippen molar-refractivity contribution in [2.75, 3.05) is 14.1 Å². The number of hydrogen-bond acceptors (Lipinski definition) is 4. The van der Waals surface area contributed by atoms with Crippen LogP contribution in [-0.4, -0.2) is 38.6 Å². The maximum Gasteiger partial charge on any atom is 0.309 e. The zero-order valence-electron chi connectivity index (χ0n) is 14.6. The first-order chi connectivity index (χ1) is 12.3. The first kappa shape index (κ1) is 19.6. The van der Waals surface area contributed by atoms with E-state index in [2.05, 4.69) is 10.6 Å². The molecular formula is C18H21N3O4S. The Morgan fingerprint density at radius 1 is 0.808 bits per heavy atom. The van der Waals surface area contributed by atoms with Gasteiger partial charge in [0.25, 0.3) is 0 Å². The monoisotopic (exact) mass is 375 g/mol. The molecule has 0 spiro atoms. The summed E-state index contributed by atoms with van der Waals surface area (Å²) >= 11 is 0. The van der Waals surface area contributed by atoms with E-state index in [-0.39, 0.29) is 18.0 Å². The fraction of sp³-hybridized carbons (Fsp3) is 0.222. The Labute approximate surface area is 153 Å². The van der Waals surface area contributed by atoms with E-state index in [1.807, 2.05) is 30.3 Å². The number of hydrogen-bond donors (Lipinski definition) is 2. The molecule has 26 heavy (non-hydrogen) atoms. The third-order valence-corrected chi connectivity index (χ3v) is 5.49. The second kappa shape index (κ2) is 8.59. The van der Waals surface area contributed by atoms with Crippen LogP contribution in [-0.2, 0) is 32.7 Å². The smallest absolute Gasteiger partial charge is 0.309 e. The fourth-order valence-electron chi connectivity index (χ4n) is 2.11. The first-order valence-corrected chi connectivity index (χ1v) is 9.36. The Kier molecular flexibility index (Phi) is 6.48. The van der Waals surface area contributed by atoms with Crippen molar-refractivity contribution in [1.82, 2.24) is 14.9 Å². The molecule has 0 heterocycles. The number of carbonyl (C=O) groups is 2. The lowest BCUT2D eigenvalue weighted by molar-refractivity contribution is -0.139. The average molecular weight is 375 g/mol. The summed E-state index contributed by atoms with van der Waals surface area (Å²) in [7, 11) is -0.578. The van der Waals surface area contributed by atoms with E-state index < -0.39 is 21.8 Å². The van der Waals surface area contributed by atoms with Crippen molar-refractivity contribution in [1.29, 1.82) is 0 Å². The summed E-state index contributed by atoms with van der Waals surface area (Å²) in [4.78, 5) is 23.8. The Morgan fingerprint density at radius 2 is 1.27 bits per heavy atom. The minimum atomic E-state index is -3.49. The summed E-state index contributed by atoms with van der Waals surface area (Å²) in [6.45, 7) is 0.393. The van der Waals surface area contributed by atoms with Gasteiger partial charge in [-0.3, -0.25) is 9.59 Å². The summed E-state index contributed by atoms with van der Waals surface area (Å²) in [5.74, 6) is -1.47. The lowest BCUT2D eigenvalue weighted by Crippen LogP contribution is -2.39. The highest BCUT2D eigenvalue weighted by Crippen LogP contribution is 2.13. The van der Waals surface area contributed by atoms with Crippen LogP contribution in [0.1, 0.15) is 11.1 Å². The SMILES string of the molecule is CN(C)S(=O)(=O)c1ccc(CNC(=O)C(=O)NCc2ccccc2)cc1. The quantitative estimate of drug-likeness (QED) is 0.733. The average Bonchev–Trinajstić information content (AvgIpc) is 2.65. The molecule has 0 saturated carbocycles. The molecule has 0 atom stereocenters. The summed E-state index contributed by atoms with van der Waals surface area (Å²) in [6, 6.07) is 15.4. The van der Waals surface area contributed by atoms with Gasteiger partial charge in [0.1, 0.15) is 0 Å². The zero-order chi connectivity index (χ0) is 19.2. The molecule has 0 aliphatic carbocycles. The maximum absolute atomic E-state index is 12.0. The van der Waals surface area contributed by atoms with Gasteiger partial charge in [-0.05, 0) is 23.3 Å². The van der Waals surface area contributed by atoms with Gasteiger partial charge in [-0.2, -0.15) is 0 Å². The molecule has 0 aliphatic heterocycles. The summed E-state index contributed by atoms with van der Waals surface area (Å²) in [6.07, 6.45) is 0. The molecule has 0 fully saturated rings. The molecule has 7 nitrogen and oxygen atoms in total. The number of sulfonamides is 1. The van der Waals surface area contributed by atoms with Crippen molar-refractivity contribution in [2.45, 2.75) is 18.0 Å². The highest BCUT2D eigenvalue weighted by molar-refractivity contribution is 7.89. The molecule has 2 N–H and O–H groups in total. The lowest BCUT2D eigenvalue weighted by Gasteiger charge is -2.12. The summed E-state index contributed by atoms with van der Waals surface area (Å²) < 4.78 is 25.1. The predicted octanol–water partition coefficient (Wildman–Crippen LogP) is 0.870. The van der Waals surface area contributed by atoms with Crippen LogP contribution in [0.15, 0.2) is 59.5 Å². The molecule has 2 rings (SSSR count). The van der Waals surface area contributed by atoms with Crippen molar-refractivity contribution >= 4 is 21.8 Å². The number of benzene rings is 2. The second-order valence-electron chi connectivity index (χ2n) is 5.78. The molecule has 138 valence electrons. The third kappa shape index (κ3) is 5.14. The van der Waals surface area contributed by atoms with Crippen LogP contribution in [0.5, 0.6) is 0 Å². The van der Waals surface area contributed by atoms with Crippen LogP contribution in [0.3, 0.4) is 0 Å². The van der Waals surface area contributed by atoms with E-state index in [0.29, 0.717) is 5.56 Å². The Morgan fingerprint density at radius 3 is 1.73 bits per heavy atom. The fourth-order valence-corrected chi connectivity index (χ4v) is 3.01. The van der Waals surface area contributed by atoms with Gasteiger partial charge < -0.3 is 10.6 Å². The highest BCUT2D eigenvalue weighted by atomic mass is 32.2. The standard InChI is InChI=1S/C18H21N3O4S/c1-21(2)26(24,25)16-10-8-15(9-11-16)13-20-18(23)17(22)19-12-14-6-4-3-5-7-14/h3-11H,12-13H2,1-2H3,(H,19,22)(H,20,23). The van der Waals surface area contributed by atoms with Gasteiger partial charge in [0.2, 0.25) is 10.0 Å². The topological polar surface area (TPSA) is 95.6 Å². The van der Waals surface area contributed by atoms with Gasteiger partial charge in [-0.1, -0.05) is 42.5 Å². The van der Waals surface area contributed by atoms with Crippen LogP contribution in [0.4, 0.5) is 0 Å². The molecule has 0 saturated heterocycles. The van der Waals surface area contributed by atoms with E-state index in [4.69, 9.17) is 0 Å². The van der Waals surface area contributed by atoms with Crippen LogP contribution >= 0.6 is 0 Å². The number of rotatable bonds is 6. The molecule has 0 aromatic heterocycles. The van der Waals surface area contributed by atoms with E-state index in [1.54, 1.807) is 12.1 Å². The highest BCUT2D eigenvalue weighted by Gasteiger charge is 2.17. The van der Waals surface area contributed by atoms with Crippen LogP contribution in [0.25, 0.3) is 0 Å². The number of nitrogens with one attached hydrogen (secondary N) is 2. The molecule has 0 bridgehead atoms. The zero-order valence-corrected chi connectivity index (χ0v) is 15.4. The van der Waals surface area contributed by atoms with Crippen LogP contribution in [0.2, 0.25) is 0 Å². The molecule has 2 aromatic carbocycles. The van der Waals surface area contributed by atoms with Gasteiger partial charge in [0, 0.05) is 27.2 Å². The molecule has 2 aromatic rings. The van der Waals surface area contributed by atoms with Crippen LogP contribution < -0.4 is 10.6 Å². The first-order valence-electron chi connectivity index (χ1n) is 7.92. The van der Waals surface area contributed by atoms with Crippen molar-refractivity contribution in [3.05, 3.63) is 65.7 Å². The Hall–Kier alpha value is -2.71. The largest absolute Gasteiger partial charge is 0.344 e. The van der Waals surface area contributed by atoms with Gasteiger partial charge in [-0.25, -0.2) is 12.7 Å². The van der Waals surface area contributed by atoms with Gasteiger partial charge in [0.15, 0.2) is 0 Å². The molecule has 0 aliphatic rings. The van der Waals surface area contributed by atoms with Crippen molar-refractivity contribution < 1.29 is 18.0 Å². The molecule has 8 heteroatoms. The minimum Gasteiger partial charge on any atom is -0.344 e. The second-order valence-corrected chi connectivity index (χ2v) is 7.93. The van der Waals surface area contributed by atoms with Gasteiger partial charge >= 0.3 is 11.8 Å². The van der Waals surface area contributed by atoms with E-state index in [0.717, 1.165) is 9.87 Å². The lowest BCUT2D eigenvalue weighted by atomic mass is 10.2. The number of nitrogens with zero attached hydrogens (tertiary/aromatic N) is 1.